The zero-order chi connectivity index (χ0) is 36.9. The third-order valence-corrected chi connectivity index (χ3v) is 13.9. The van der Waals surface area contributed by atoms with Gasteiger partial charge in [-0.3, -0.25) is 0 Å². The zero-order valence-electron chi connectivity index (χ0n) is 29.9. The molecule has 1 saturated heterocycles. The molecule has 2 heterocycles. The first-order chi connectivity index (χ1) is 25.2. The van der Waals surface area contributed by atoms with Gasteiger partial charge < -0.3 is 20.2 Å². The van der Waals surface area contributed by atoms with Crippen LogP contribution in [-0.4, -0.2) is 40.3 Å². The van der Waals surface area contributed by atoms with Crippen molar-refractivity contribution in [1.29, 1.82) is 0 Å². The molecule has 5 aromatic carbocycles. The van der Waals surface area contributed by atoms with E-state index in [1.807, 2.05) is 24.3 Å². The van der Waals surface area contributed by atoms with Crippen LogP contribution in [0.1, 0.15) is 39.6 Å². The normalized spacial score (nSPS) is 17.1. The Kier molecular flexibility index (Phi) is 15.9. The van der Waals surface area contributed by atoms with Crippen LogP contribution in [0.15, 0.2) is 146 Å². The first-order valence-electron chi connectivity index (χ1n) is 17.4. The van der Waals surface area contributed by atoms with Gasteiger partial charge in [0, 0.05) is 12.3 Å². The van der Waals surface area contributed by atoms with Crippen molar-refractivity contribution in [2.75, 3.05) is 12.3 Å². The Bertz CT molecular complexity index is 1700. The number of rotatable bonds is 10. The Morgan fingerprint density at radius 2 is 1.00 bits per heavy atom. The average molecular weight is 860 g/mol. The van der Waals surface area contributed by atoms with E-state index >= 15 is 0 Å². The number of aromatic nitrogens is 2. The molecule has 1 aliphatic rings. The number of aromatic amines is 1. The molecule has 0 bridgehead atoms. The summed E-state index contributed by atoms with van der Waals surface area (Å²) in [4.78, 5) is 7.69. The third kappa shape index (κ3) is 11.5. The molecule has 0 spiro atoms. The van der Waals surface area contributed by atoms with Gasteiger partial charge in [-0.05, 0) is 69.0 Å². The van der Waals surface area contributed by atoms with E-state index in [1.165, 1.54) is 21.2 Å². The van der Waals surface area contributed by atoms with E-state index in [0.717, 1.165) is 29.2 Å². The van der Waals surface area contributed by atoms with Crippen molar-refractivity contribution in [3.05, 3.63) is 151 Å². The molecule has 0 amide bonds. The van der Waals surface area contributed by atoms with Gasteiger partial charge in [-0.15, -0.1) is 0 Å². The first-order valence-corrected chi connectivity index (χ1v) is 24.9. The van der Waals surface area contributed by atoms with Crippen LogP contribution >= 0.6 is 35.2 Å². The number of H-pyrrole nitrogens is 1. The number of halogens is 2. The van der Waals surface area contributed by atoms with Gasteiger partial charge >= 0.3 is 34.5 Å². The van der Waals surface area contributed by atoms with Gasteiger partial charge in [-0.25, -0.2) is 4.98 Å². The van der Waals surface area contributed by atoms with Crippen LogP contribution in [0, 0.1) is 5.92 Å². The van der Waals surface area contributed by atoms with E-state index < -0.39 is 21.6 Å². The number of nitrogens with zero attached hydrogens (tertiary/aromatic N) is 1. The fourth-order valence-corrected chi connectivity index (χ4v) is 11.1. The molecular formula is C42H47Cl2N3O2P2Ru. The summed E-state index contributed by atoms with van der Waals surface area (Å²) >= 11 is -0.346. The molecule has 6 aromatic rings. The summed E-state index contributed by atoms with van der Waals surface area (Å²) in [6, 6.07) is 51.6. The number of ether oxygens (including phenoxy) is 2. The summed E-state index contributed by atoms with van der Waals surface area (Å²) < 4.78 is 13.2. The first kappa shape index (κ1) is 40.7. The van der Waals surface area contributed by atoms with Gasteiger partial charge in [-0.2, -0.15) is 0 Å². The zero-order valence-corrected chi connectivity index (χ0v) is 35.0. The van der Waals surface area contributed by atoms with Crippen LogP contribution in [0.2, 0.25) is 0 Å². The number of nitrogens with one attached hydrogen (secondary N) is 1. The molecule has 1 fully saturated rings. The number of benzene rings is 5. The van der Waals surface area contributed by atoms with Crippen molar-refractivity contribution in [3.63, 3.8) is 0 Å². The molecule has 3 unspecified atom stereocenters. The van der Waals surface area contributed by atoms with E-state index in [9.17, 15) is 0 Å². The molecule has 3 atom stereocenters. The summed E-state index contributed by atoms with van der Waals surface area (Å²) in [7, 11) is 8.59. The molecular weight excluding hydrogens is 812 g/mol. The number of imidazole rings is 1. The third-order valence-electron chi connectivity index (χ3n) is 8.72. The Labute approximate surface area is 327 Å². The van der Waals surface area contributed by atoms with Crippen molar-refractivity contribution in [2.24, 2.45) is 11.7 Å². The van der Waals surface area contributed by atoms with E-state index in [1.54, 1.807) is 0 Å². The summed E-state index contributed by atoms with van der Waals surface area (Å²) in [5.41, 5.74) is 8.05. The van der Waals surface area contributed by atoms with Crippen LogP contribution in [-0.2, 0) is 24.6 Å². The summed E-state index contributed by atoms with van der Waals surface area (Å²) in [6.45, 7) is 8.30. The maximum atomic E-state index is 6.61. The Hall–Kier alpha value is -2.49. The Morgan fingerprint density at radius 3 is 1.35 bits per heavy atom. The van der Waals surface area contributed by atoms with Crippen molar-refractivity contribution in [1.82, 2.24) is 9.97 Å². The molecule has 3 N–H and O–H groups in total. The second-order valence-corrected chi connectivity index (χ2v) is 20.4. The van der Waals surface area contributed by atoms with Crippen molar-refractivity contribution < 1.29 is 24.6 Å². The van der Waals surface area contributed by atoms with E-state index in [0.29, 0.717) is 5.92 Å². The predicted octanol–water partition coefficient (Wildman–Crippen LogP) is 9.37. The number of hydrogen-bond donors (Lipinski definition) is 2. The summed E-state index contributed by atoms with van der Waals surface area (Å²) in [5.74, 6) is 0.690. The molecule has 1 aromatic heterocycles. The van der Waals surface area contributed by atoms with Gasteiger partial charge in [0.05, 0.1) is 29.3 Å². The van der Waals surface area contributed by atoms with E-state index in [2.05, 4.69) is 159 Å². The standard InChI is InChI=1S/C31H32O2P2.C11H15N3.2ClH.Ru/c1-31(2)32-29(23-34(25-15-7-3-8-16-25)26-17-9-4-10-18-26)30(33-31)24-35(27-19-11-5-12-20-27)28-21-13-6-14-22-28;1-7(2)10(12)11-13-8-5-3-4-6-9(8)14-11;;;/h3-22,29-30H,23-24H2,1-2H3;3-7,10H,12H2,1-2H3,(H,13,14);2*1H;/q;;;;+2/p-2. The molecule has 274 valence electrons. The number of hydrogen-bond acceptors (Lipinski definition) is 4. The Morgan fingerprint density at radius 1 is 0.654 bits per heavy atom. The van der Waals surface area contributed by atoms with Crippen molar-refractivity contribution in [3.8, 4) is 0 Å². The second kappa shape index (κ2) is 20.3. The van der Waals surface area contributed by atoms with E-state index in [4.69, 9.17) is 34.6 Å². The monoisotopic (exact) mass is 859 g/mol. The van der Waals surface area contributed by atoms with Crippen LogP contribution in [0.5, 0.6) is 0 Å². The van der Waals surface area contributed by atoms with Crippen molar-refractivity contribution in [2.45, 2.75) is 51.7 Å². The number of fused-ring (bicyclic) bond motifs is 1. The topological polar surface area (TPSA) is 73.2 Å². The molecule has 7 rings (SSSR count). The minimum atomic E-state index is -0.585. The van der Waals surface area contributed by atoms with Gasteiger partial charge in [0.2, 0.25) is 0 Å². The average Bonchev–Trinajstić information content (AvgIpc) is 3.74. The van der Waals surface area contributed by atoms with E-state index in [-0.39, 0.29) is 33.4 Å². The van der Waals surface area contributed by atoms with Crippen molar-refractivity contribution >= 4 is 67.5 Å². The second-order valence-electron chi connectivity index (χ2n) is 13.2. The predicted molar refractivity (Wildman–Crippen MR) is 221 cm³/mol. The SMILES string of the molecule is CC(C)C(N)c1nc2ccccc2[nH]1.CC1(C)OC(CP(c2ccccc2)c2ccccc2)C(CP(c2ccccc2)c2ccccc2)O1.[Cl][Ru][Cl]. The minimum absolute atomic E-state index is 0.0117. The number of nitrogens with two attached hydrogens (primary N) is 1. The fraction of sp³-hybridized carbons (Fsp3) is 0.262. The fourth-order valence-electron chi connectivity index (χ4n) is 6.18. The van der Waals surface area contributed by atoms with Crippen LogP contribution in [0.25, 0.3) is 11.0 Å². The van der Waals surface area contributed by atoms with Gasteiger partial charge in [0.1, 0.15) is 5.82 Å². The quantitative estimate of drug-likeness (QED) is 0.107. The molecule has 0 saturated carbocycles. The molecule has 5 nitrogen and oxygen atoms in total. The summed E-state index contributed by atoms with van der Waals surface area (Å²) in [6.07, 6.45) is 1.97. The van der Waals surface area contributed by atoms with Crippen LogP contribution in [0.3, 0.4) is 0 Å². The molecule has 1 aliphatic heterocycles. The molecule has 0 aliphatic carbocycles. The van der Waals surface area contributed by atoms with Gasteiger partial charge in [-0.1, -0.05) is 147 Å². The maximum absolute atomic E-state index is 6.61. The summed E-state index contributed by atoms with van der Waals surface area (Å²) in [5, 5.41) is 5.53. The number of para-hydroxylation sites is 2. The molecule has 52 heavy (non-hydrogen) atoms. The van der Waals surface area contributed by atoms with Crippen LogP contribution in [0.4, 0.5) is 0 Å². The molecule has 10 heteroatoms. The van der Waals surface area contributed by atoms with Gasteiger partial charge in [0.25, 0.3) is 0 Å². The molecule has 0 radical (unpaired) electrons. The van der Waals surface area contributed by atoms with Crippen LogP contribution < -0.4 is 27.0 Å². The van der Waals surface area contributed by atoms with Gasteiger partial charge in [0.15, 0.2) is 5.79 Å². The Balaban J connectivity index is 0.000000255.